The van der Waals surface area contributed by atoms with E-state index in [1.807, 2.05) is 42.5 Å². The van der Waals surface area contributed by atoms with Crippen LogP contribution in [0.1, 0.15) is 0 Å². The SMILES string of the molecule is Oc1ccc(N(c2ccc3oc4ccccc4c3c2)c2cccc3ccccc23)cc1N(c1ccccc1)c1cccc2ccccc12. The number of fused-ring (bicyclic) bond motifs is 5. The Hall–Kier alpha value is -6.52. The third-order valence-electron chi connectivity index (χ3n) is 9.11. The molecule has 1 N–H and O–H groups in total. The van der Waals surface area contributed by atoms with E-state index in [0.29, 0.717) is 5.69 Å². The van der Waals surface area contributed by atoms with Crippen LogP contribution in [0.25, 0.3) is 43.5 Å². The fourth-order valence-electron chi connectivity index (χ4n) is 6.90. The zero-order chi connectivity index (χ0) is 32.0. The maximum Gasteiger partial charge on any atom is 0.139 e. The molecule has 0 saturated carbocycles. The van der Waals surface area contributed by atoms with E-state index in [9.17, 15) is 5.11 Å². The number of phenols is 1. The summed E-state index contributed by atoms with van der Waals surface area (Å²) in [5, 5.41) is 18.3. The Bertz CT molecular complexity index is 2600. The molecule has 0 aliphatic rings. The van der Waals surface area contributed by atoms with Gasteiger partial charge in [0.1, 0.15) is 16.9 Å². The molecule has 4 nitrogen and oxygen atoms in total. The van der Waals surface area contributed by atoms with Crippen molar-refractivity contribution in [2.24, 2.45) is 0 Å². The second-order valence-corrected chi connectivity index (χ2v) is 12.0. The van der Waals surface area contributed by atoms with Gasteiger partial charge in [0, 0.05) is 38.6 Å². The number of benzene rings is 8. The normalized spacial score (nSPS) is 11.4. The van der Waals surface area contributed by atoms with Crippen LogP contribution in [0.2, 0.25) is 0 Å². The monoisotopic (exact) mass is 618 g/mol. The Balaban J connectivity index is 1.31. The first-order valence-corrected chi connectivity index (χ1v) is 16.1. The summed E-state index contributed by atoms with van der Waals surface area (Å²) in [7, 11) is 0. The molecule has 0 spiro atoms. The van der Waals surface area contributed by atoms with Gasteiger partial charge in [-0.25, -0.2) is 0 Å². The van der Waals surface area contributed by atoms with Crippen LogP contribution < -0.4 is 9.80 Å². The summed E-state index contributed by atoms with van der Waals surface area (Å²) in [6, 6.07) is 60.2. The second kappa shape index (κ2) is 11.4. The van der Waals surface area contributed by atoms with Crippen molar-refractivity contribution in [3.63, 3.8) is 0 Å². The smallest absolute Gasteiger partial charge is 0.139 e. The Labute approximate surface area is 277 Å². The molecule has 9 aromatic rings. The molecule has 0 radical (unpaired) electrons. The number of nitrogens with zero attached hydrogens (tertiary/aromatic N) is 2. The van der Waals surface area contributed by atoms with Gasteiger partial charge in [-0.2, -0.15) is 0 Å². The third-order valence-corrected chi connectivity index (χ3v) is 9.11. The molecule has 0 unspecified atom stereocenters. The first-order valence-electron chi connectivity index (χ1n) is 16.1. The molecule has 0 atom stereocenters. The summed E-state index contributed by atoms with van der Waals surface area (Å²) < 4.78 is 6.21. The standard InChI is InChI=1S/C44H30N2O2/c47-42-26-24-34(29-41(42)46(32-16-2-1-3-17-32)40-22-11-15-31-13-5-7-19-36(31)40)45(39-21-10-14-30-12-4-6-18-35(30)39)33-25-27-44-38(28-33)37-20-8-9-23-43(37)48-44/h1-29,47H. The van der Waals surface area contributed by atoms with Gasteiger partial charge in [0.2, 0.25) is 0 Å². The Kier molecular flexibility index (Phi) is 6.58. The highest BCUT2D eigenvalue weighted by Gasteiger charge is 2.23. The molecule has 8 aromatic carbocycles. The van der Waals surface area contributed by atoms with Crippen molar-refractivity contribution in [1.82, 2.24) is 0 Å². The lowest BCUT2D eigenvalue weighted by Gasteiger charge is -2.31. The van der Waals surface area contributed by atoms with Gasteiger partial charge in [-0.05, 0) is 77.5 Å². The van der Waals surface area contributed by atoms with Crippen LogP contribution in [-0.2, 0) is 0 Å². The maximum atomic E-state index is 11.7. The van der Waals surface area contributed by atoms with Gasteiger partial charge in [-0.1, -0.05) is 109 Å². The molecule has 48 heavy (non-hydrogen) atoms. The lowest BCUT2D eigenvalue weighted by Crippen LogP contribution is -2.14. The number of aromatic hydroxyl groups is 1. The maximum absolute atomic E-state index is 11.7. The van der Waals surface area contributed by atoms with E-state index in [0.717, 1.165) is 71.9 Å². The molecule has 0 bridgehead atoms. The van der Waals surface area contributed by atoms with Gasteiger partial charge in [0.05, 0.1) is 17.1 Å². The fraction of sp³-hybridized carbons (Fsp3) is 0. The van der Waals surface area contributed by atoms with Crippen LogP contribution >= 0.6 is 0 Å². The van der Waals surface area contributed by atoms with E-state index in [4.69, 9.17) is 4.42 Å². The first-order chi connectivity index (χ1) is 23.7. The number of rotatable bonds is 6. The molecule has 1 heterocycles. The van der Waals surface area contributed by atoms with Crippen molar-refractivity contribution in [2.45, 2.75) is 0 Å². The number of anilines is 6. The number of para-hydroxylation sites is 2. The molecule has 4 heteroatoms. The van der Waals surface area contributed by atoms with Gasteiger partial charge >= 0.3 is 0 Å². The minimum Gasteiger partial charge on any atom is -0.506 e. The number of furan rings is 1. The minimum atomic E-state index is 0.185. The molecule has 0 saturated heterocycles. The van der Waals surface area contributed by atoms with Crippen molar-refractivity contribution in [3.05, 3.63) is 176 Å². The predicted molar refractivity (Wildman–Crippen MR) is 200 cm³/mol. The average Bonchev–Trinajstić information content (AvgIpc) is 3.52. The van der Waals surface area contributed by atoms with Crippen molar-refractivity contribution >= 4 is 77.6 Å². The van der Waals surface area contributed by atoms with E-state index < -0.39 is 0 Å². The Morgan fingerprint density at radius 2 is 0.896 bits per heavy atom. The molecule has 0 aliphatic carbocycles. The zero-order valence-electron chi connectivity index (χ0n) is 26.0. The number of hydrogen-bond acceptors (Lipinski definition) is 4. The Morgan fingerprint density at radius 1 is 0.354 bits per heavy atom. The summed E-state index contributed by atoms with van der Waals surface area (Å²) in [6.45, 7) is 0. The lowest BCUT2D eigenvalue weighted by atomic mass is 10.0. The highest BCUT2D eigenvalue weighted by Crippen LogP contribution is 2.47. The first kappa shape index (κ1) is 27.8. The summed E-state index contributed by atoms with van der Waals surface area (Å²) in [6.07, 6.45) is 0. The van der Waals surface area contributed by atoms with E-state index in [1.54, 1.807) is 6.07 Å². The van der Waals surface area contributed by atoms with E-state index >= 15 is 0 Å². The van der Waals surface area contributed by atoms with E-state index in [1.165, 1.54) is 0 Å². The summed E-state index contributed by atoms with van der Waals surface area (Å²) in [4.78, 5) is 4.42. The molecule has 0 fully saturated rings. The van der Waals surface area contributed by atoms with Crippen molar-refractivity contribution in [2.75, 3.05) is 9.80 Å². The third kappa shape index (κ3) is 4.62. The van der Waals surface area contributed by atoms with Crippen LogP contribution in [0.15, 0.2) is 180 Å². The Morgan fingerprint density at radius 3 is 1.62 bits per heavy atom. The van der Waals surface area contributed by atoms with E-state index in [-0.39, 0.29) is 5.75 Å². The van der Waals surface area contributed by atoms with Gasteiger partial charge in [-0.3, -0.25) is 0 Å². The number of hydrogen-bond donors (Lipinski definition) is 1. The highest BCUT2D eigenvalue weighted by molar-refractivity contribution is 6.08. The molecular formula is C44H30N2O2. The van der Waals surface area contributed by atoms with Crippen LogP contribution in [0.5, 0.6) is 5.75 Å². The molecule has 1 aromatic heterocycles. The minimum absolute atomic E-state index is 0.185. The van der Waals surface area contributed by atoms with Crippen LogP contribution in [0.4, 0.5) is 34.1 Å². The average molecular weight is 619 g/mol. The highest BCUT2D eigenvalue weighted by atomic mass is 16.3. The molecule has 0 aliphatic heterocycles. The summed E-state index contributed by atoms with van der Waals surface area (Å²) >= 11 is 0. The van der Waals surface area contributed by atoms with Crippen molar-refractivity contribution < 1.29 is 9.52 Å². The zero-order valence-corrected chi connectivity index (χ0v) is 26.0. The van der Waals surface area contributed by atoms with Crippen LogP contribution in [-0.4, -0.2) is 5.11 Å². The van der Waals surface area contributed by atoms with Gasteiger partial charge in [0.15, 0.2) is 0 Å². The van der Waals surface area contributed by atoms with E-state index in [2.05, 4.69) is 137 Å². The largest absolute Gasteiger partial charge is 0.506 e. The number of phenolic OH excluding ortho intramolecular Hbond substituents is 1. The molecule has 0 amide bonds. The van der Waals surface area contributed by atoms with Crippen LogP contribution in [0, 0.1) is 0 Å². The molecular weight excluding hydrogens is 588 g/mol. The van der Waals surface area contributed by atoms with Crippen molar-refractivity contribution in [3.8, 4) is 5.75 Å². The molecule has 228 valence electrons. The van der Waals surface area contributed by atoms with Gasteiger partial charge in [0.25, 0.3) is 0 Å². The summed E-state index contributed by atoms with van der Waals surface area (Å²) in [5.41, 5.74) is 7.24. The summed E-state index contributed by atoms with van der Waals surface area (Å²) in [5.74, 6) is 0.185. The topological polar surface area (TPSA) is 39.9 Å². The second-order valence-electron chi connectivity index (χ2n) is 12.0. The fourth-order valence-corrected chi connectivity index (χ4v) is 6.90. The van der Waals surface area contributed by atoms with Crippen LogP contribution in [0.3, 0.4) is 0 Å². The van der Waals surface area contributed by atoms with Gasteiger partial charge in [-0.15, -0.1) is 0 Å². The predicted octanol–water partition coefficient (Wildman–Crippen LogP) is 12.5. The lowest BCUT2D eigenvalue weighted by molar-refractivity contribution is 0.476. The van der Waals surface area contributed by atoms with Gasteiger partial charge < -0.3 is 19.3 Å². The van der Waals surface area contributed by atoms with Crippen molar-refractivity contribution in [1.29, 1.82) is 0 Å². The quantitative estimate of drug-likeness (QED) is 0.201. The molecule has 9 rings (SSSR count).